The molecule has 190 valence electrons. The Morgan fingerprint density at radius 1 is 1.29 bits per heavy atom. The molecular weight excluding hydrogens is 471 g/mol. The highest BCUT2D eigenvalue weighted by Crippen LogP contribution is 2.31. The van der Waals surface area contributed by atoms with Crippen LogP contribution in [0.1, 0.15) is 56.4 Å². The van der Waals surface area contributed by atoms with Crippen LogP contribution in [-0.4, -0.2) is 48.3 Å². The molecule has 0 bridgehead atoms. The third-order valence-electron chi connectivity index (χ3n) is 4.20. The maximum absolute atomic E-state index is 14.4. The summed E-state index contributed by atoms with van der Waals surface area (Å²) >= 11 is 6.05. The fraction of sp³-hybridized carbons (Fsp3) is 0.478. The minimum atomic E-state index is -1.26. The van der Waals surface area contributed by atoms with Gasteiger partial charge in [-0.1, -0.05) is 39.3 Å². The highest BCUT2D eigenvalue weighted by atomic mass is 35.5. The quantitative estimate of drug-likeness (QED) is 0.580. The van der Waals surface area contributed by atoms with Crippen LogP contribution < -0.4 is 11.1 Å². The summed E-state index contributed by atoms with van der Waals surface area (Å²) in [6, 6.07) is 4.04. The molecule has 0 radical (unpaired) electrons. The molecule has 7 nitrogen and oxygen atoms in total. The van der Waals surface area contributed by atoms with Gasteiger partial charge < -0.3 is 15.8 Å². The van der Waals surface area contributed by atoms with Gasteiger partial charge in [-0.25, -0.2) is 18.7 Å². The molecule has 2 aromatic rings. The lowest BCUT2D eigenvalue weighted by molar-refractivity contribution is 0.0305. The summed E-state index contributed by atoms with van der Waals surface area (Å²) in [7, 11) is 0.500. The minimum absolute atomic E-state index is 0.0141. The lowest BCUT2D eigenvalue weighted by Gasteiger charge is -2.32. The summed E-state index contributed by atoms with van der Waals surface area (Å²) in [4.78, 5) is 24.8. The smallest absolute Gasteiger partial charge is 0.276 e. The number of amides is 1. The first-order valence-electron chi connectivity index (χ1n) is 10.7. The van der Waals surface area contributed by atoms with Gasteiger partial charge in [-0.2, -0.15) is 0 Å². The predicted molar refractivity (Wildman–Crippen MR) is 131 cm³/mol. The van der Waals surface area contributed by atoms with Crippen molar-refractivity contribution in [3.63, 3.8) is 0 Å². The standard InChI is InChI=1S/C18H18ClF2N5O2.2C2H6.CH3F/c1-9-5-10(19)14(23-7-9)17(27)25-13-4-3-11(21)15(24-13)18(2)8-28-12(6-20)16(22)26-18;3*1-2/h3-5,7,12H,6,8H2,1-2H3,(H2,22,26)(H,24,25,27);2*1-2H3;1H3/t12?,18-;;;/m0.../s1. The Kier molecular flexibility index (Phi) is 14.0. The SMILES string of the molecule is CC.CC.CF.Cc1cnc(C(=O)Nc2ccc(F)c([C@]3(C)COC(CF)C(N)=N3)n2)c(Cl)c1. The first-order valence-corrected chi connectivity index (χ1v) is 11.1. The molecule has 0 saturated heterocycles. The topological polar surface area (TPSA) is 102 Å². The van der Waals surface area contributed by atoms with Crippen molar-refractivity contribution in [3.05, 3.63) is 52.2 Å². The van der Waals surface area contributed by atoms with Crippen molar-refractivity contribution in [2.45, 2.75) is 53.2 Å². The fourth-order valence-electron chi connectivity index (χ4n) is 2.75. The van der Waals surface area contributed by atoms with Crippen molar-refractivity contribution < 1.29 is 22.7 Å². The van der Waals surface area contributed by atoms with Crippen molar-refractivity contribution in [1.29, 1.82) is 0 Å². The van der Waals surface area contributed by atoms with Crippen molar-refractivity contribution in [2.24, 2.45) is 10.7 Å². The van der Waals surface area contributed by atoms with Crippen LogP contribution in [0.5, 0.6) is 0 Å². The number of carbonyl (C=O) groups excluding carboxylic acids is 1. The van der Waals surface area contributed by atoms with E-state index in [0.717, 1.165) is 11.6 Å². The Bertz CT molecular complexity index is 962. The van der Waals surface area contributed by atoms with E-state index in [2.05, 4.69) is 20.3 Å². The maximum atomic E-state index is 14.4. The van der Waals surface area contributed by atoms with Crippen LogP contribution in [0.25, 0.3) is 0 Å². The lowest BCUT2D eigenvalue weighted by Crippen LogP contribution is -2.45. The molecule has 1 aliphatic rings. The molecule has 34 heavy (non-hydrogen) atoms. The van der Waals surface area contributed by atoms with Gasteiger partial charge in [0.1, 0.15) is 47.2 Å². The molecule has 11 heteroatoms. The van der Waals surface area contributed by atoms with E-state index in [1.54, 1.807) is 19.9 Å². The third kappa shape index (κ3) is 7.95. The van der Waals surface area contributed by atoms with Crippen LogP contribution in [0.15, 0.2) is 29.4 Å². The average Bonchev–Trinajstić information content (AvgIpc) is 2.84. The highest BCUT2D eigenvalue weighted by molar-refractivity contribution is 6.34. The summed E-state index contributed by atoms with van der Waals surface area (Å²) in [5.41, 5.74) is 5.18. The van der Waals surface area contributed by atoms with E-state index in [-0.39, 0.29) is 34.7 Å². The van der Waals surface area contributed by atoms with Crippen molar-refractivity contribution in [1.82, 2.24) is 9.97 Å². The second kappa shape index (κ2) is 15.2. The number of rotatable bonds is 4. The molecule has 1 amide bonds. The number of carbonyl (C=O) groups is 1. The zero-order valence-electron chi connectivity index (χ0n) is 20.5. The number of halogens is 4. The number of anilines is 1. The number of hydrogen-bond acceptors (Lipinski definition) is 6. The van der Waals surface area contributed by atoms with Gasteiger partial charge in [-0.15, -0.1) is 0 Å². The summed E-state index contributed by atoms with van der Waals surface area (Å²) < 4.78 is 42.1. The monoisotopic (exact) mass is 503 g/mol. The second-order valence-electron chi connectivity index (χ2n) is 6.59. The zero-order chi connectivity index (χ0) is 26.5. The second-order valence-corrected chi connectivity index (χ2v) is 7.00. The van der Waals surface area contributed by atoms with Gasteiger partial charge in [-0.05, 0) is 37.6 Å². The number of amidine groups is 1. The Balaban J connectivity index is 0.00000168. The maximum Gasteiger partial charge on any atom is 0.276 e. The van der Waals surface area contributed by atoms with E-state index in [1.807, 2.05) is 27.7 Å². The molecule has 1 aliphatic heterocycles. The van der Waals surface area contributed by atoms with Crippen LogP contribution in [0.4, 0.5) is 19.0 Å². The number of nitrogens with one attached hydrogen (secondary N) is 1. The van der Waals surface area contributed by atoms with Gasteiger partial charge in [0.05, 0.1) is 18.8 Å². The molecule has 0 fully saturated rings. The Hall–Kier alpha value is -2.72. The number of aromatic nitrogens is 2. The summed E-state index contributed by atoms with van der Waals surface area (Å²) in [5, 5.41) is 2.71. The van der Waals surface area contributed by atoms with Crippen LogP contribution in [-0.2, 0) is 10.3 Å². The summed E-state index contributed by atoms with van der Waals surface area (Å²) in [6.45, 7) is 10.4. The van der Waals surface area contributed by atoms with Crippen LogP contribution in [0.2, 0.25) is 5.02 Å². The predicted octanol–water partition coefficient (Wildman–Crippen LogP) is 5.41. The van der Waals surface area contributed by atoms with Crippen molar-refractivity contribution in [2.75, 3.05) is 25.8 Å². The Morgan fingerprint density at radius 3 is 2.44 bits per heavy atom. The zero-order valence-corrected chi connectivity index (χ0v) is 21.3. The Morgan fingerprint density at radius 2 is 1.91 bits per heavy atom. The van der Waals surface area contributed by atoms with E-state index < -0.39 is 30.0 Å². The third-order valence-corrected chi connectivity index (χ3v) is 4.49. The number of aryl methyl sites for hydroxylation is 1. The fourth-order valence-corrected chi connectivity index (χ4v) is 3.05. The minimum Gasteiger partial charge on any atom is -0.385 e. The number of pyridine rings is 2. The molecule has 3 heterocycles. The number of nitrogens with two attached hydrogens (primary N) is 1. The largest absolute Gasteiger partial charge is 0.385 e. The molecule has 0 aromatic carbocycles. The van der Waals surface area contributed by atoms with Crippen LogP contribution in [0.3, 0.4) is 0 Å². The first kappa shape index (κ1) is 31.3. The van der Waals surface area contributed by atoms with E-state index >= 15 is 0 Å². The number of alkyl halides is 2. The molecular formula is C23H33ClF3N5O2. The molecule has 0 spiro atoms. The average molecular weight is 504 g/mol. The van der Waals surface area contributed by atoms with E-state index in [0.29, 0.717) is 7.18 Å². The lowest BCUT2D eigenvalue weighted by atomic mass is 9.96. The number of ether oxygens (including phenoxy) is 1. The number of aliphatic imine (C=N–C) groups is 1. The van der Waals surface area contributed by atoms with Crippen LogP contribution in [0, 0.1) is 12.7 Å². The van der Waals surface area contributed by atoms with Crippen LogP contribution >= 0.6 is 11.6 Å². The molecule has 0 saturated carbocycles. The van der Waals surface area contributed by atoms with Crippen molar-refractivity contribution >= 4 is 29.2 Å². The summed E-state index contributed by atoms with van der Waals surface area (Å²) in [6.07, 6.45) is 0.539. The van der Waals surface area contributed by atoms with E-state index in [9.17, 15) is 18.0 Å². The van der Waals surface area contributed by atoms with Crippen molar-refractivity contribution in [3.8, 4) is 0 Å². The molecule has 3 rings (SSSR count). The van der Waals surface area contributed by atoms with Gasteiger partial charge in [0, 0.05) is 6.20 Å². The highest BCUT2D eigenvalue weighted by Gasteiger charge is 2.37. The van der Waals surface area contributed by atoms with E-state index in [4.69, 9.17) is 22.1 Å². The van der Waals surface area contributed by atoms with Gasteiger partial charge >= 0.3 is 0 Å². The summed E-state index contributed by atoms with van der Waals surface area (Å²) in [5.74, 6) is -1.27. The molecule has 3 N–H and O–H groups in total. The number of hydrogen-bond donors (Lipinski definition) is 2. The molecule has 1 unspecified atom stereocenters. The number of nitrogens with zero attached hydrogens (tertiary/aromatic N) is 3. The van der Waals surface area contributed by atoms with Gasteiger partial charge in [0.15, 0.2) is 0 Å². The van der Waals surface area contributed by atoms with Gasteiger partial charge in [-0.3, -0.25) is 14.2 Å². The first-order chi connectivity index (χ1) is 16.2. The molecule has 2 aromatic heterocycles. The van der Waals surface area contributed by atoms with Gasteiger partial charge in [0.2, 0.25) is 0 Å². The molecule has 0 aliphatic carbocycles. The normalized spacial score (nSPS) is 18.6. The van der Waals surface area contributed by atoms with E-state index in [1.165, 1.54) is 12.3 Å². The molecule has 2 atom stereocenters. The van der Waals surface area contributed by atoms with Gasteiger partial charge in [0.25, 0.3) is 5.91 Å². The Labute approximate surface area is 204 Å².